The van der Waals surface area contributed by atoms with Crippen molar-refractivity contribution in [2.75, 3.05) is 5.73 Å². The third-order valence-electron chi connectivity index (χ3n) is 0.830. The molecular weight excluding hydrogens is 192 g/mol. The summed E-state index contributed by atoms with van der Waals surface area (Å²) in [7, 11) is 0. The van der Waals surface area contributed by atoms with Gasteiger partial charge in [0.15, 0.2) is 16.7 Å². The van der Waals surface area contributed by atoms with Crippen molar-refractivity contribution >= 4 is 34.8 Å². The highest BCUT2D eigenvalue weighted by atomic mass is 35.5. The van der Waals surface area contributed by atoms with E-state index in [1.54, 1.807) is 0 Å². The molecule has 1 heterocycles. The normalized spacial score (nSPS) is 12.0. The van der Waals surface area contributed by atoms with Crippen molar-refractivity contribution in [3.05, 3.63) is 5.69 Å². The maximum Gasteiger partial charge on any atom is 0.199 e. The van der Waals surface area contributed by atoms with Gasteiger partial charge >= 0.3 is 0 Å². The van der Waals surface area contributed by atoms with Gasteiger partial charge in [0.1, 0.15) is 12.2 Å². The second-order valence-electron chi connectivity index (χ2n) is 1.46. The summed E-state index contributed by atoms with van der Waals surface area (Å²) in [5.41, 5.74) is 5.37. The molecule has 0 aliphatic carbocycles. The molecule has 0 saturated carbocycles. The maximum absolute atomic E-state index is 8.25. The molecule has 0 aliphatic rings. The molecule has 1 rings (SSSR count). The molecule has 0 saturated heterocycles. The van der Waals surface area contributed by atoms with Crippen molar-refractivity contribution in [2.24, 2.45) is 4.40 Å². The molecule has 0 spiro atoms. The first-order valence-corrected chi connectivity index (χ1v) is 3.49. The van der Waals surface area contributed by atoms with Crippen LogP contribution < -0.4 is 5.73 Å². The summed E-state index contributed by atoms with van der Waals surface area (Å²) < 4.78 is 15.8. The summed E-state index contributed by atoms with van der Waals surface area (Å²) in [6, 6.07) is 0. The Kier molecular flexibility index (Phi) is 2.69. The second-order valence-corrected chi connectivity index (χ2v) is 2.17. The van der Waals surface area contributed by atoms with Gasteiger partial charge in [0.2, 0.25) is 0 Å². The molecule has 3 N–H and O–H groups in total. The summed E-state index contributed by atoms with van der Waals surface area (Å²) in [5.74, 6) is 0.0350. The second kappa shape index (κ2) is 3.56. The molecule has 6 nitrogen and oxygen atoms in total. The van der Waals surface area contributed by atoms with Crippen molar-refractivity contribution in [2.45, 2.75) is 0 Å². The molecule has 60 valence electrons. The topological polar surface area (TPSA) is 97.5 Å². The average molecular weight is 195 g/mol. The minimum absolute atomic E-state index is 0.0350. The van der Waals surface area contributed by atoms with Crippen LogP contribution in [-0.4, -0.2) is 20.0 Å². The molecule has 0 aromatic carbocycles. The Hall–Kier alpha value is -0.790. The van der Waals surface area contributed by atoms with E-state index in [0.717, 1.165) is 0 Å². The van der Waals surface area contributed by atoms with Crippen LogP contribution in [0.5, 0.6) is 0 Å². The lowest BCUT2D eigenvalue weighted by molar-refractivity contribution is 0.308. The zero-order valence-electron chi connectivity index (χ0n) is 5.06. The smallest absolute Gasteiger partial charge is 0.199 e. The fraction of sp³-hybridized carbons (Fsp3) is 0. The third-order valence-corrected chi connectivity index (χ3v) is 1.46. The Morgan fingerprint density at radius 3 is 2.91 bits per heavy atom. The predicted octanol–water partition coefficient (Wildman–Crippen LogP) is 0.758. The van der Waals surface area contributed by atoms with Crippen molar-refractivity contribution < 1.29 is 9.18 Å². The van der Waals surface area contributed by atoms with Crippen molar-refractivity contribution in [3.8, 4) is 0 Å². The SMILES string of the molecule is Nc1nonc1/C(Cl)=N/SO. The van der Waals surface area contributed by atoms with E-state index < -0.39 is 0 Å². The van der Waals surface area contributed by atoms with Crippen molar-refractivity contribution in [1.82, 2.24) is 10.3 Å². The molecule has 8 heteroatoms. The van der Waals surface area contributed by atoms with Crippen LogP contribution >= 0.6 is 23.8 Å². The van der Waals surface area contributed by atoms with Gasteiger partial charge in [0.05, 0.1) is 0 Å². The van der Waals surface area contributed by atoms with Gasteiger partial charge in [-0.1, -0.05) is 11.6 Å². The minimum atomic E-state index is -0.0590. The fourth-order valence-electron chi connectivity index (χ4n) is 0.418. The maximum atomic E-state index is 8.25. The van der Waals surface area contributed by atoms with Crippen LogP contribution in [0.2, 0.25) is 0 Å². The number of rotatable bonds is 2. The molecule has 0 aliphatic heterocycles. The van der Waals surface area contributed by atoms with E-state index in [9.17, 15) is 0 Å². The molecule has 11 heavy (non-hydrogen) atoms. The number of nitrogens with zero attached hydrogens (tertiary/aromatic N) is 3. The summed E-state index contributed by atoms with van der Waals surface area (Å²) in [6.07, 6.45) is 0. The number of anilines is 1. The Morgan fingerprint density at radius 1 is 1.73 bits per heavy atom. The number of nitrogens with two attached hydrogens (primary N) is 1. The van der Waals surface area contributed by atoms with Crippen LogP contribution in [0.15, 0.2) is 9.03 Å². The lowest BCUT2D eigenvalue weighted by atomic mass is 10.5. The Balaban J connectivity index is 2.92. The first kappa shape index (κ1) is 8.31. The van der Waals surface area contributed by atoms with Crippen LogP contribution in [0.3, 0.4) is 0 Å². The fourth-order valence-corrected chi connectivity index (χ4v) is 0.800. The molecular formula is C3H3ClN4O2S. The van der Waals surface area contributed by atoms with E-state index >= 15 is 0 Å². The molecule has 0 amide bonds. The highest BCUT2D eigenvalue weighted by Crippen LogP contribution is 2.11. The van der Waals surface area contributed by atoms with E-state index in [1.807, 2.05) is 0 Å². The highest BCUT2D eigenvalue weighted by molar-refractivity contribution is 7.92. The molecule has 0 bridgehead atoms. The van der Waals surface area contributed by atoms with E-state index in [0.29, 0.717) is 0 Å². The van der Waals surface area contributed by atoms with Crippen LogP contribution in [0.25, 0.3) is 0 Å². The van der Waals surface area contributed by atoms with Crippen molar-refractivity contribution in [1.29, 1.82) is 0 Å². The summed E-state index contributed by atoms with van der Waals surface area (Å²) >= 11 is 5.69. The zero-order chi connectivity index (χ0) is 8.27. The number of hydrogen-bond donors (Lipinski definition) is 2. The monoisotopic (exact) mass is 194 g/mol. The predicted molar refractivity (Wildman–Crippen MR) is 41.3 cm³/mol. The highest BCUT2D eigenvalue weighted by Gasteiger charge is 2.10. The minimum Gasteiger partial charge on any atom is -0.379 e. The summed E-state index contributed by atoms with van der Waals surface area (Å²) in [4.78, 5) is 0. The Bertz CT molecular complexity index is 274. The first-order valence-electron chi connectivity index (χ1n) is 2.38. The van der Waals surface area contributed by atoms with E-state index in [2.05, 4.69) is 19.3 Å². The van der Waals surface area contributed by atoms with Crippen LogP contribution in [0, 0.1) is 0 Å². The molecule has 0 fully saturated rings. The lowest BCUT2D eigenvalue weighted by Gasteiger charge is -1.87. The number of aromatic nitrogens is 2. The molecule has 0 unspecified atom stereocenters. The average Bonchev–Trinajstić information content (AvgIpc) is 2.36. The van der Waals surface area contributed by atoms with E-state index in [-0.39, 0.29) is 28.9 Å². The molecule has 0 radical (unpaired) electrons. The molecule has 0 atom stereocenters. The van der Waals surface area contributed by atoms with Gasteiger partial charge in [-0.3, -0.25) is 0 Å². The Labute approximate surface area is 70.7 Å². The summed E-state index contributed by atoms with van der Waals surface area (Å²) in [6.45, 7) is 0. The van der Waals surface area contributed by atoms with Crippen LogP contribution in [-0.2, 0) is 0 Å². The number of hydrogen-bond acceptors (Lipinski definition) is 7. The van der Waals surface area contributed by atoms with Crippen LogP contribution in [0.1, 0.15) is 5.69 Å². The van der Waals surface area contributed by atoms with Gasteiger partial charge < -0.3 is 10.3 Å². The Morgan fingerprint density at radius 2 is 2.45 bits per heavy atom. The standard InChI is InChI=1S/C3H3ClN4O2S/c4-2(8-11-9)1-3(5)7-10-6-1/h9H,(H2,5,7)/b8-2-. The number of nitrogen functional groups attached to an aromatic ring is 1. The van der Waals surface area contributed by atoms with Gasteiger partial charge in [-0.15, -0.1) is 0 Å². The van der Waals surface area contributed by atoms with Gasteiger partial charge in [-0.2, -0.15) is 4.40 Å². The molecule has 1 aromatic heterocycles. The van der Waals surface area contributed by atoms with E-state index in [1.165, 1.54) is 0 Å². The quantitative estimate of drug-likeness (QED) is 0.410. The van der Waals surface area contributed by atoms with Gasteiger partial charge in [-0.25, -0.2) is 4.63 Å². The number of halogens is 1. The zero-order valence-corrected chi connectivity index (χ0v) is 6.63. The first-order chi connectivity index (χ1) is 5.25. The molecule has 1 aromatic rings. The van der Waals surface area contributed by atoms with E-state index in [4.69, 9.17) is 21.9 Å². The van der Waals surface area contributed by atoms with Gasteiger partial charge in [-0.05, 0) is 10.3 Å². The van der Waals surface area contributed by atoms with Gasteiger partial charge in [0, 0.05) is 0 Å². The van der Waals surface area contributed by atoms with Gasteiger partial charge in [0.25, 0.3) is 0 Å². The lowest BCUT2D eigenvalue weighted by Crippen LogP contribution is -1.96. The van der Waals surface area contributed by atoms with Crippen LogP contribution in [0.4, 0.5) is 5.82 Å². The third kappa shape index (κ3) is 1.82. The van der Waals surface area contributed by atoms with Crippen molar-refractivity contribution in [3.63, 3.8) is 0 Å². The largest absolute Gasteiger partial charge is 0.379 e. The summed E-state index contributed by atoms with van der Waals surface area (Å²) in [5, 5.41) is 6.53.